The first-order valence-electron chi connectivity index (χ1n) is 7.90. The number of benzene rings is 1. The quantitative estimate of drug-likeness (QED) is 0.672. The monoisotopic (exact) mass is 340 g/mol. The van der Waals surface area contributed by atoms with Crippen LogP contribution in [-0.2, 0) is 0 Å². The van der Waals surface area contributed by atoms with Crippen LogP contribution < -0.4 is 9.47 Å². The molecule has 2 aromatic heterocycles. The molecule has 0 aliphatic heterocycles. The third-order valence-electron chi connectivity index (χ3n) is 3.57. The molecule has 0 bridgehead atoms. The molecule has 1 aromatic carbocycles. The number of nitrogens with zero attached hydrogens (tertiary/aromatic N) is 2. The molecule has 0 unspecified atom stereocenters. The van der Waals surface area contributed by atoms with Gasteiger partial charge in [0.05, 0.1) is 25.3 Å². The Bertz CT molecular complexity index is 923. The second-order valence-corrected chi connectivity index (χ2v) is 5.22. The van der Waals surface area contributed by atoms with Crippen molar-refractivity contribution in [2.24, 2.45) is 0 Å². The summed E-state index contributed by atoms with van der Waals surface area (Å²) in [7, 11) is 3.22. The predicted octanol–water partition coefficient (Wildman–Crippen LogP) is 3.29. The largest absolute Gasteiger partial charge is 0.495 e. The first-order valence-corrected chi connectivity index (χ1v) is 7.90. The number of hydrogen-bond acceptors (Lipinski definition) is 4. The van der Waals surface area contributed by atoms with E-state index in [2.05, 4.69) is 33.6 Å². The third kappa shape index (κ3) is 4.20. The minimum atomic E-state index is 0.645. The van der Waals surface area contributed by atoms with Crippen LogP contribution in [0.1, 0.15) is 22.3 Å². The average molecular weight is 340 g/mol. The maximum atomic E-state index is 5.48. The van der Waals surface area contributed by atoms with Crippen LogP contribution in [0.15, 0.2) is 61.2 Å². The minimum Gasteiger partial charge on any atom is -0.495 e. The molecular weight excluding hydrogens is 324 g/mol. The van der Waals surface area contributed by atoms with Crippen LogP contribution in [0.2, 0.25) is 0 Å². The van der Waals surface area contributed by atoms with E-state index in [1.807, 2.05) is 36.4 Å². The molecule has 0 fully saturated rings. The molecule has 0 N–H and O–H groups in total. The van der Waals surface area contributed by atoms with Gasteiger partial charge in [-0.05, 0) is 24.3 Å². The summed E-state index contributed by atoms with van der Waals surface area (Å²) in [5, 5.41) is 0. The second-order valence-electron chi connectivity index (χ2n) is 5.22. The van der Waals surface area contributed by atoms with E-state index in [1.165, 1.54) is 0 Å². The number of rotatable bonds is 2. The van der Waals surface area contributed by atoms with Crippen LogP contribution in [-0.4, -0.2) is 24.2 Å². The lowest BCUT2D eigenvalue weighted by Crippen LogP contribution is -1.94. The lowest BCUT2D eigenvalue weighted by atomic mass is 10.1. The van der Waals surface area contributed by atoms with Crippen molar-refractivity contribution in [2.45, 2.75) is 0 Å². The molecule has 0 spiro atoms. The number of methoxy groups -OCH3 is 2. The van der Waals surface area contributed by atoms with Crippen molar-refractivity contribution >= 4 is 0 Å². The molecule has 3 aromatic rings. The second kappa shape index (κ2) is 8.37. The maximum Gasteiger partial charge on any atom is 0.136 e. The maximum absolute atomic E-state index is 5.48. The van der Waals surface area contributed by atoms with Crippen LogP contribution >= 0.6 is 0 Å². The highest BCUT2D eigenvalue weighted by Crippen LogP contribution is 2.28. The van der Waals surface area contributed by atoms with Gasteiger partial charge >= 0.3 is 0 Å². The van der Waals surface area contributed by atoms with E-state index < -0.39 is 0 Å². The van der Waals surface area contributed by atoms with Crippen LogP contribution in [0.5, 0.6) is 11.5 Å². The van der Waals surface area contributed by atoms with Gasteiger partial charge in [0.15, 0.2) is 0 Å². The Balaban J connectivity index is 1.99. The molecule has 0 radical (unpaired) electrons. The van der Waals surface area contributed by atoms with Gasteiger partial charge in [-0.3, -0.25) is 9.97 Å². The topological polar surface area (TPSA) is 44.2 Å². The van der Waals surface area contributed by atoms with E-state index in [4.69, 9.17) is 9.47 Å². The summed E-state index contributed by atoms with van der Waals surface area (Å²) in [5.41, 5.74) is 3.22. The van der Waals surface area contributed by atoms with Crippen molar-refractivity contribution in [2.75, 3.05) is 14.2 Å². The van der Waals surface area contributed by atoms with Gasteiger partial charge < -0.3 is 9.47 Å². The highest BCUT2D eigenvalue weighted by atomic mass is 16.5. The van der Waals surface area contributed by atoms with Crippen LogP contribution in [0.25, 0.3) is 0 Å². The molecule has 0 saturated heterocycles. The first-order chi connectivity index (χ1) is 12.8. The van der Waals surface area contributed by atoms with E-state index in [0.717, 1.165) is 22.3 Å². The predicted molar refractivity (Wildman–Crippen MR) is 100.0 cm³/mol. The van der Waals surface area contributed by atoms with E-state index in [-0.39, 0.29) is 0 Å². The van der Waals surface area contributed by atoms with Crippen LogP contribution in [0.3, 0.4) is 0 Å². The normalized spacial score (nSPS) is 9.31. The molecule has 4 heteroatoms. The fraction of sp³-hybridized carbons (Fsp3) is 0.0909. The molecule has 126 valence electrons. The summed E-state index contributed by atoms with van der Waals surface area (Å²) in [6.45, 7) is 0. The average Bonchev–Trinajstić information content (AvgIpc) is 2.72. The van der Waals surface area contributed by atoms with Gasteiger partial charge in [0.2, 0.25) is 0 Å². The standard InChI is InChI=1S/C22H16N2O2/c1-25-21-15-20(6-4-18-9-13-24-14-10-18)22(26-2)16-19(21)5-3-17-7-11-23-12-8-17/h7-16H,1-2H3. The van der Waals surface area contributed by atoms with Gasteiger partial charge in [-0.15, -0.1) is 0 Å². The van der Waals surface area contributed by atoms with E-state index in [9.17, 15) is 0 Å². The van der Waals surface area contributed by atoms with Gasteiger partial charge in [0.1, 0.15) is 11.5 Å². The Morgan fingerprint density at radius 1 is 0.615 bits per heavy atom. The van der Waals surface area contributed by atoms with Gasteiger partial charge in [0.25, 0.3) is 0 Å². The van der Waals surface area contributed by atoms with E-state index in [0.29, 0.717) is 11.5 Å². The van der Waals surface area contributed by atoms with Gasteiger partial charge in [-0.2, -0.15) is 0 Å². The summed E-state index contributed by atoms with van der Waals surface area (Å²) in [4.78, 5) is 7.97. The number of ether oxygens (including phenoxy) is 2. The Kier molecular flexibility index (Phi) is 5.50. The zero-order valence-corrected chi connectivity index (χ0v) is 14.5. The first kappa shape index (κ1) is 17.1. The van der Waals surface area contributed by atoms with Crippen molar-refractivity contribution in [1.82, 2.24) is 9.97 Å². The minimum absolute atomic E-state index is 0.645. The van der Waals surface area contributed by atoms with Crippen molar-refractivity contribution in [3.05, 3.63) is 83.4 Å². The summed E-state index contributed by atoms with van der Waals surface area (Å²) in [6, 6.07) is 11.1. The van der Waals surface area contributed by atoms with Crippen LogP contribution in [0.4, 0.5) is 0 Å². The zero-order valence-electron chi connectivity index (χ0n) is 14.5. The summed E-state index contributed by atoms with van der Waals surface area (Å²) in [5.74, 6) is 13.7. The molecule has 0 saturated carbocycles. The van der Waals surface area contributed by atoms with E-state index in [1.54, 1.807) is 39.0 Å². The highest BCUT2D eigenvalue weighted by Gasteiger charge is 2.08. The Labute approximate surface area is 152 Å². The third-order valence-corrected chi connectivity index (χ3v) is 3.57. The van der Waals surface area contributed by atoms with Gasteiger partial charge in [-0.1, -0.05) is 23.7 Å². The van der Waals surface area contributed by atoms with E-state index >= 15 is 0 Å². The van der Waals surface area contributed by atoms with Crippen molar-refractivity contribution in [1.29, 1.82) is 0 Å². The Morgan fingerprint density at radius 2 is 1.00 bits per heavy atom. The Morgan fingerprint density at radius 3 is 1.35 bits per heavy atom. The molecule has 0 aliphatic carbocycles. The fourth-order valence-corrected chi connectivity index (χ4v) is 2.24. The molecule has 26 heavy (non-hydrogen) atoms. The highest BCUT2D eigenvalue weighted by molar-refractivity contribution is 5.60. The smallest absolute Gasteiger partial charge is 0.136 e. The van der Waals surface area contributed by atoms with Crippen LogP contribution in [0, 0.1) is 23.7 Å². The molecule has 4 nitrogen and oxygen atoms in total. The zero-order chi connectivity index (χ0) is 18.2. The van der Waals surface area contributed by atoms with Crippen molar-refractivity contribution in [3.8, 4) is 35.2 Å². The molecule has 2 heterocycles. The van der Waals surface area contributed by atoms with Gasteiger partial charge in [0, 0.05) is 48.0 Å². The van der Waals surface area contributed by atoms with Crippen molar-refractivity contribution in [3.63, 3.8) is 0 Å². The molecule has 3 rings (SSSR count). The Hall–Kier alpha value is -3.76. The fourth-order valence-electron chi connectivity index (χ4n) is 2.24. The lowest BCUT2D eigenvalue weighted by molar-refractivity contribution is 0.401. The summed E-state index contributed by atoms with van der Waals surface area (Å²) in [6.07, 6.45) is 6.83. The van der Waals surface area contributed by atoms with Crippen molar-refractivity contribution < 1.29 is 9.47 Å². The molecule has 0 atom stereocenters. The number of pyridine rings is 2. The lowest BCUT2D eigenvalue weighted by Gasteiger charge is -2.09. The molecular formula is C22H16N2O2. The number of aromatic nitrogens is 2. The van der Waals surface area contributed by atoms with Gasteiger partial charge in [-0.25, -0.2) is 0 Å². The molecule has 0 aliphatic rings. The number of hydrogen-bond donors (Lipinski definition) is 0. The summed E-state index contributed by atoms with van der Waals surface area (Å²) < 4.78 is 11.0. The SMILES string of the molecule is COc1cc(C#Cc2ccncc2)c(OC)cc1C#Cc1ccncc1. The summed E-state index contributed by atoms with van der Waals surface area (Å²) >= 11 is 0. The molecule has 0 amide bonds.